The number of halogens is 1. The highest BCUT2D eigenvalue weighted by Gasteiger charge is 2.23. The minimum atomic E-state index is -0.973. The molecule has 0 radical (unpaired) electrons. The van der Waals surface area contributed by atoms with Gasteiger partial charge in [-0.15, -0.1) is 0 Å². The summed E-state index contributed by atoms with van der Waals surface area (Å²) in [7, 11) is 0. The number of carbonyl (C=O) groups is 2. The molecule has 1 heterocycles. The molecule has 2 rings (SSSR count). The topological polar surface area (TPSA) is 73.9 Å². The summed E-state index contributed by atoms with van der Waals surface area (Å²) in [5.74, 6) is -1.25. The normalized spacial score (nSPS) is 15.0. The van der Waals surface area contributed by atoms with Crippen LogP contribution >= 0.6 is 11.6 Å². The summed E-state index contributed by atoms with van der Waals surface area (Å²) in [4.78, 5) is 23.6. The molecule has 0 aliphatic carbocycles. The summed E-state index contributed by atoms with van der Waals surface area (Å²) in [5.41, 5.74) is 0.559. The zero-order valence-electron chi connectivity index (χ0n) is 11.3. The van der Waals surface area contributed by atoms with E-state index >= 15 is 0 Å². The molecule has 7 heteroatoms. The minimum absolute atomic E-state index is 0.0487. The highest BCUT2D eigenvalue weighted by molar-refractivity contribution is 6.30. The lowest BCUT2D eigenvalue weighted by Crippen LogP contribution is -2.31. The first kappa shape index (κ1) is 15.2. The van der Waals surface area contributed by atoms with E-state index in [1.165, 1.54) is 13.2 Å². The summed E-state index contributed by atoms with van der Waals surface area (Å²) < 4.78 is 15.0. The van der Waals surface area contributed by atoms with Crippen molar-refractivity contribution < 1.29 is 23.8 Å². The van der Waals surface area contributed by atoms with Crippen molar-refractivity contribution in [3.05, 3.63) is 41.3 Å². The second-order valence-corrected chi connectivity index (χ2v) is 4.68. The van der Waals surface area contributed by atoms with Gasteiger partial charge in [-0.1, -0.05) is 11.6 Å². The standard InChI is InChI=1S/C14H14ClNO5/c1-9(21-14(18)12-8-19-6-7-20-12)13(17)16-11-4-2-10(15)3-5-11/h2-5,8-9H,6-7H2,1H3,(H,16,17). The number of anilines is 1. The van der Waals surface area contributed by atoms with Gasteiger partial charge >= 0.3 is 5.97 Å². The van der Waals surface area contributed by atoms with Gasteiger partial charge in [-0.05, 0) is 31.2 Å². The Labute approximate surface area is 126 Å². The van der Waals surface area contributed by atoms with Crippen molar-refractivity contribution in [1.82, 2.24) is 0 Å². The van der Waals surface area contributed by atoms with Gasteiger partial charge in [-0.25, -0.2) is 4.79 Å². The molecule has 1 atom stereocenters. The third-order valence-electron chi connectivity index (χ3n) is 2.62. The summed E-state index contributed by atoms with van der Waals surface area (Å²) in [5, 5.41) is 3.17. The molecule has 0 aromatic heterocycles. The van der Waals surface area contributed by atoms with Crippen LogP contribution in [0.5, 0.6) is 0 Å². The van der Waals surface area contributed by atoms with Crippen LogP contribution in [0.3, 0.4) is 0 Å². The molecule has 0 saturated carbocycles. The van der Waals surface area contributed by atoms with Crippen LogP contribution in [-0.4, -0.2) is 31.2 Å². The number of esters is 1. The lowest BCUT2D eigenvalue weighted by atomic mass is 10.3. The van der Waals surface area contributed by atoms with E-state index in [0.717, 1.165) is 0 Å². The van der Waals surface area contributed by atoms with Crippen LogP contribution in [0.15, 0.2) is 36.3 Å². The third kappa shape index (κ3) is 4.39. The second kappa shape index (κ2) is 6.99. The quantitative estimate of drug-likeness (QED) is 0.862. The Bertz CT molecular complexity index is 555. The molecule has 0 spiro atoms. The van der Waals surface area contributed by atoms with Crippen molar-refractivity contribution in [3.8, 4) is 0 Å². The maximum absolute atomic E-state index is 11.9. The molecular weight excluding hydrogens is 298 g/mol. The van der Waals surface area contributed by atoms with E-state index in [-0.39, 0.29) is 12.4 Å². The zero-order valence-corrected chi connectivity index (χ0v) is 12.1. The van der Waals surface area contributed by atoms with E-state index in [2.05, 4.69) is 5.32 Å². The Balaban J connectivity index is 1.88. The van der Waals surface area contributed by atoms with Crippen LogP contribution in [0.1, 0.15) is 6.92 Å². The Morgan fingerprint density at radius 2 is 2.00 bits per heavy atom. The number of amides is 1. The molecular formula is C14H14ClNO5. The van der Waals surface area contributed by atoms with Crippen molar-refractivity contribution in [1.29, 1.82) is 0 Å². The van der Waals surface area contributed by atoms with Crippen molar-refractivity contribution in [3.63, 3.8) is 0 Å². The van der Waals surface area contributed by atoms with Gasteiger partial charge in [0.2, 0.25) is 5.76 Å². The second-order valence-electron chi connectivity index (χ2n) is 4.25. The average molecular weight is 312 g/mol. The number of hydrogen-bond acceptors (Lipinski definition) is 5. The van der Waals surface area contributed by atoms with Gasteiger partial charge in [0.25, 0.3) is 5.91 Å². The number of hydrogen-bond donors (Lipinski definition) is 1. The predicted molar refractivity (Wildman–Crippen MR) is 75.6 cm³/mol. The molecule has 1 N–H and O–H groups in total. The van der Waals surface area contributed by atoms with Gasteiger partial charge in [0.1, 0.15) is 19.5 Å². The molecule has 0 bridgehead atoms. The number of benzene rings is 1. The molecule has 0 fully saturated rings. The molecule has 21 heavy (non-hydrogen) atoms. The van der Waals surface area contributed by atoms with E-state index in [1.807, 2.05) is 0 Å². The number of carbonyl (C=O) groups excluding carboxylic acids is 2. The van der Waals surface area contributed by atoms with Crippen LogP contribution in [0, 0.1) is 0 Å². The average Bonchev–Trinajstić information content (AvgIpc) is 2.50. The fourth-order valence-electron chi connectivity index (χ4n) is 1.52. The predicted octanol–water partition coefficient (Wildman–Crippen LogP) is 2.10. The molecule has 1 aliphatic heterocycles. The Kier molecular flexibility index (Phi) is 5.05. The van der Waals surface area contributed by atoms with Gasteiger partial charge in [0.05, 0.1) is 0 Å². The Morgan fingerprint density at radius 3 is 2.62 bits per heavy atom. The van der Waals surface area contributed by atoms with E-state index in [1.54, 1.807) is 24.3 Å². The van der Waals surface area contributed by atoms with Gasteiger partial charge < -0.3 is 19.5 Å². The van der Waals surface area contributed by atoms with E-state index in [9.17, 15) is 9.59 Å². The maximum Gasteiger partial charge on any atom is 0.377 e. The first-order valence-electron chi connectivity index (χ1n) is 6.28. The lowest BCUT2D eigenvalue weighted by molar-refractivity contribution is -0.153. The molecule has 1 aromatic rings. The molecule has 112 valence electrons. The molecule has 1 unspecified atom stereocenters. The van der Waals surface area contributed by atoms with Gasteiger partial charge in [-0.3, -0.25) is 4.79 Å². The van der Waals surface area contributed by atoms with Crippen LogP contribution < -0.4 is 5.32 Å². The number of nitrogens with one attached hydrogen (secondary N) is 1. The van der Waals surface area contributed by atoms with Crippen molar-refractivity contribution in [2.45, 2.75) is 13.0 Å². The summed E-state index contributed by atoms with van der Waals surface area (Å²) in [6.07, 6.45) is 0.204. The van der Waals surface area contributed by atoms with Gasteiger partial charge in [0.15, 0.2) is 6.10 Å². The van der Waals surface area contributed by atoms with Crippen LogP contribution in [0.4, 0.5) is 5.69 Å². The monoisotopic (exact) mass is 311 g/mol. The van der Waals surface area contributed by atoms with Crippen molar-refractivity contribution in [2.24, 2.45) is 0 Å². The highest BCUT2D eigenvalue weighted by atomic mass is 35.5. The smallest absolute Gasteiger partial charge is 0.377 e. The Morgan fingerprint density at radius 1 is 1.29 bits per heavy atom. The SMILES string of the molecule is CC(OC(=O)C1=COCCO1)C(=O)Nc1ccc(Cl)cc1. The van der Waals surface area contributed by atoms with Crippen LogP contribution in [-0.2, 0) is 23.8 Å². The third-order valence-corrected chi connectivity index (χ3v) is 2.87. The first-order chi connectivity index (χ1) is 10.1. The number of ether oxygens (including phenoxy) is 3. The first-order valence-corrected chi connectivity index (χ1v) is 6.66. The van der Waals surface area contributed by atoms with E-state index in [4.69, 9.17) is 25.8 Å². The number of rotatable bonds is 4. The molecule has 1 aromatic carbocycles. The van der Waals surface area contributed by atoms with E-state index in [0.29, 0.717) is 17.3 Å². The van der Waals surface area contributed by atoms with Crippen molar-refractivity contribution in [2.75, 3.05) is 18.5 Å². The van der Waals surface area contributed by atoms with Crippen LogP contribution in [0.2, 0.25) is 5.02 Å². The minimum Gasteiger partial charge on any atom is -0.493 e. The fraction of sp³-hybridized carbons (Fsp3) is 0.286. The Hall–Kier alpha value is -2.21. The van der Waals surface area contributed by atoms with Crippen molar-refractivity contribution >= 4 is 29.2 Å². The molecule has 1 amide bonds. The zero-order chi connectivity index (χ0) is 15.2. The van der Waals surface area contributed by atoms with Gasteiger partial charge in [0, 0.05) is 10.7 Å². The maximum atomic E-state index is 11.9. The summed E-state index contributed by atoms with van der Waals surface area (Å²) >= 11 is 5.75. The van der Waals surface area contributed by atoms with Gasteiger partial charge in [-0.2, -0.15) is 0 Å². The summed E-state index contributed by atoms with van der Waals surface area (Å²) in [6.45, 7) is 2.11. The largest absolute Gasteiger partial charge is 0.493 e. The summed E-state index contributed by atoms with van der Waals surface area (Å²) in [6, 6.07) is 6.59. The fourth-order valence-corrected chi connectivity index (χ4v) is 1.65. The molecule has 1 aliphatic rings. The molecule has 0 saturated heterocycles. The highest BCUT2D eigenvalue weighted by Crippen LogP contribution is 2.14. The van der Waals surface area contributed by atoms with E-state index < -0.39 is 18.0 Å². The lowest BCUT2D eigenvalue weighted by Gasteiger charge is -2.17. The molecule has 6 nitrogen and oxygen atoms in total. The van der Waals surface area contributed by atoms with Crippen LogP contribution in [0.25, 0.3) is 0 Å².